The van der Waals surface area contributed by atoms with Gasteiger partial charge in [-0.2, -0.15) is 0 Å². The molecule has 2 aromatic carbocycles. The van der Waals surface area contributed by atoms with Crippen molar-refractivity contribution in [3.05, 3.63) is 65.4 Å². The van der Waals surface area contributed by atoms with E-state index in [4.69, 9.17) is 15.2 Å². The maximum absolute atomic E-state index is 13.4. The molecule has 3 atom stereocenters. The number of ether oxygens (including phenoxy) is 2. The SMILES string of the molecule is COCCCn1c(C2CCCN(C(=O)C[C@H](N)Cc3ccc(NC(=O)C4CCCCO4)cc3)C2)c(C)c2ccccc21. The molecule has 0 saturated carbocycles. The molecule has 2 unspecified atom stereocenters. The molecule has 3 N–H and O–H groups in total. The second-order valence-electron chi connectivity index (χ2n) is 11.9. The first-order valence-corrected chi connectivity index (χ1v) is 15.6. The maximum atomic E-state index is 13.4. The van der Waals surface area contributed by atoms with Crippen molar-refractivity contribution in [3.63, 3.8) is 0 Å². The highest BCUT2D eigenvalue weighted by Gasteiger charge is 2.30. The molecule has 8 nitrogen and oxygen atoms in total. The average molecular weight is 575 g/mol. The Hall–Kier alpha value is -3.20. The van der Waals surface area contributed by atoms with Crippen LogP contribution in [0.5, 0.6) is 0 Å². The van der Waals surface area contributed by atoms with E-state index in [0.717, 1.165) is 76.0 Å². The first kappa shape index (κ1) is 30.3. The van der Waals surface area contributed by atoms with E-state index in [9.17, 15) is 9.59 Å². The molecule has 5 rings (SSSR count). The molecule has 8 heteroatoms. The zero-order chi connectivity index (χ0) is 29.5. The lowest BCUT2D eigenvalue weighted by Crippen LogP contribution is -2.42. The third-order valence-electron chi connectivity index (χ3n) is 8.79. The van der Waals surface area contributed by atoms with Crippen LogP contribution in [0.15, 0.2) is 48.5 Å². The van der Waals surface area contributed by atoms with E-state index in [1.807, 2.05) is 29.2 Å². The minimum Gasteiger partial charge on any atom is -0.385 e. The van der Waals surface area contributed by atoms with Gasteiger partial charge in [-0.05, 0) is 81.2 Å². The Kier molecular flexibility index (Phi) is 10.3. The number of carbonyl (C=O) groups is 2. The third kappa shape index (κ3) is 7.22. The molecule has 2 saturated heterocycles. The number of anilines is 1. The lowest BCUT2D eigenvalue weighted by Gasteiger charge is -2.34. The number of aryl methyl sites for hydroxylation is 2. The summed E-state index contributed by atoms with van der Waals surface area (Å²) in [6.07, 6.45) is 6.38. The topological polar surface area (TPSA) is 98.8 Å². The number of carbonyl (C=O) groups excluding carboxylic acids is 2. The van der Waals surface area contributed by atoms with Gasteiger partial charge in [0.2, 0.25) is 5.91 Å². The Bertz CT molecular complexity index is 1350. The monoisotopic (exact) mass is 574 g/mol. The van der Waals surface area contributed by atoms with Crippen LogP contribution < -0.4 is 11.1 Å². The molecule has 1 aromatic heterocycles. The van der Waals surface area contributed by atoms with Crippen molar-refractivity contribution in [3.8, 4) is 0 Å². The molecule has 0 spiro atoms. The van der Waals surface area contributed by atoms with Gasteiger partial charge in [0.1, 0.15) is 6.10 Å². The number of para-hydroxylation sites is 1. The van der Waals surface area contributed by atoms with E-state index in [1.54, 1.807) is 7.11 Å². The number of fused-ring (bicyclic) bond motifs is 1. The third-order valence-corrected chi connectivity index (χ3v) is 8.79. The number of nitrogens with zero attached hydrogens (tertiary/aromatic N) is 2. The second kappa shape index (κ2) is 14.3. The van der Waals surface area contributed by atoms with Crippen LogP contribution in [0.2, 0.25) is 0 Å². The van der Waals surface area contributed by atoms with Gasteiger partial charge in [0.15, 0.2) is 0 Å². The molecular formula is C34H46N4O4. The summed E-state index contributed by atoms with van der Waals surface area (Å²) in [7, 11) is 1.75. The smallest absolute Gasteiger partial charge is 0.253 e. The molecule has 2 amide bonds. The zero-order valence-corrected chi connectivity index (χ0v) is 25.1. The van der Waals surface area contributed by atoms with Crippen LogP contribution in [0.25, 0.3) is 10.9 Å². The summed E-state index contributed by atoms with van der Waals surface area (Å²) < 4.78 is 13.4. The fourth-order valence-electron chi connectivity index (χ4n) is 6.68. The molecule has 2 aliphatic heterocycles. The van der Waals surface area contributed by atoms with Crippen LogP contribution in [-0.2, 0) is 32.0 Å². The van der Waals surface area contributed by atoms with E-state index in [-0.39, 0.29) is 24.0 Å². The van der Waals surface area contributed by atoms with Gasteiger partial charge in [0, 0.05) is 80.6 Å². The summed E-state index contributed by atoms with van der Waals surface area (Å²) in [5.74, 6) is 0.342. The predicted molar refractivity (Wildman–Crippen MR) is 167 cm³/mol. The maximum Gasteiger partial charge on any atom is 0.253 e. The molecule has 2 aliphatic rings. The second-order valence-corrected chi connectivity index (χ2v) is 11.9. The van der Waals surface area contributed by atoms with Crippen LogP contribution in [-0.4, -0.2) is 66.8 Å². The van der Waals surface area contributed by atoms with Crippen LogP contribution in [0, 0.1) is 6.92 Å². The Balaban J connectivity index is 1.18. The highest BCUT2D eigenvalue weighted by atomic mass is 16.5. The van der Waals surface area contributed by atoms with Crippen LogP contribution >= 0.6 is 0 Å². The fraction of sp³-hybridized carbons (Fsp3) is 0.529. The summed E-state index contributed by atoms with van der Waals surface area (Å²) in [6.45, 7) is 6.01. The Morgan fingerprint density at radius 1 is 1.10 bits per heavy atom. The van der Waals surface area contributed by atoms with Gasteiger partial charge < -0.3 is 30.0 Å². The number of hydrogen-bond donors (Lipinski definition) is 2. The molecule has 42 heavy (non-hydrogen) atoms. The van der Waals surface area contributed by atoms with Crippen LogP contribution in [0.4, 0.5) is 5.69 Å². The van der Waals surface area contributed by atoms with Gasteiger partial charge in [-0.1, -0.05) is 30.3 Å². The van der Waals surface area contributed by atoms with Crippen molar-refractivity contribution in [2.75, 3.05) is 38.7 Å². The summed E-state index contributed by atoms with van der Waals surface area (Å²) in [4.78, 5) is 27.9. The van der Waals surface area contributed by atoms with Crippen molar-refractivity contribution in [2.45, 2.75) is 82.9 Å². The van der Waals surface area contributed by atoms with Crippen molar-refractivity contribution in [2.24, 2.45) is 5.73 Å². The van der Waals surface area contributed by atoms with E-state index in [2.05, 4.69) is 41.1 Å². The summed E-state index contributed by atoms with van der Waals surface area (Å²) in [6, 6.07) is 16.1. The quantitative estimate of drug-likeness (QED) is 0.308. The number of hydrogen-bond acceptors (Lipinski definition) is 5. The molecule has 0 bridgehead atoms. The summed E-state index contributed by atoms with van der Waals surface area (Å²) in [5, 5.41) is 4.25. The van der Waals surface area contributed by atoms with E-state index < -0.39 is 0 Å². The molecule has 0 aliphatic carbocycles. The highest BCUT2D eigenvalue weighted by Crippen LogP contribution is 2.36. The minimum atomic E-state index is -0.366. The number of nitrogens with two attached hydrogens (primary N) is 1. The van der Waals surface area contributed by atoms with E-state index in [1.165, 1.54) is 22.2 Å². The first-order chi connectivity index (χ1) is 20.4. The lowest BCUT2D eigenvalue weighted by molar-refractivity contribution is -0.133. The number of nitrogens with one attached hydrogen (secondary N) is 1. The summed E-state index contributed by atoms with van der Waals surface area (Å²) >= 11 is 0. The van der Waals surface area contributed by atoms with Gasteiger partial charge in [-0.15, -0.1) is 0 Å². The Labute approximate surface area is 249 Å². The highest BCUT2D eigenvalue weighted by molar-refractivity contribution is 5.94. The van der Waals surface area contributed by atoms with Gasteiger partial charge in [0.05, 0.1) is 0 Å². The Morgan fingerprint density at radius 3 is 2.67 bits per heavy atom. The fourth-order valence-corrected chi connectivity index (χ4v) is 6.68. The normalized spacial score (nSPS) is 20.0. The molecule has 3 aromatic rings. The molecule has 3 heterocycles. The first-order valence-electron chi connectivity index (χ1n) is 15.6. The number of likely N-dealkylation sites (tertiary alicyclic amines) is 1. The number of benzene rings is 2. The Morgan fingerprint density at radius 2 is 1.90 bits per heavy atom. The minimum absolute atomic E-state index is 0.0879. The number of amides is 2. The van der Waals surface area contributed by atoms with Crippen LogP contribution in [0.1, 0.15) is 67.7 Å². The lowest BCUT2D eigenvalue weighted by atomic mass is 9.91. The number of aromatic nitrogens is 1. The van der Waals surface area contributed by atoms with Gasteiger partial charge in [-0.3, -0.25) is 9.59 Å². The van der Waals surface area contributed by atoms with E-state index in [0.29, 0.717) is 25.4 Å². The molecule has 0 radical (unpaired) electrons. The van der Waals surface area contributed by atoms with Crippen molar-refractivity contribution < 1.29 is 19.1 Å². The van der Waals surface area contributed by atoms with Gasteiger partial charge in [-0.25, -0.2) is 0 Å². The van der Waals surface area contributed by atoms with Crippen molar-refractivity contribution >= 4 is 28.4 Å². The number of piperidine rings is 1. The molecule has 2 fully saturated rings. The van der Waals surface area contributed by atoms with E-state index >= 15 is 0 Å². The summed E-state index contributed by atoms with van der Waals surface area (Å²) in [5.41, 5.74) is 12.2. The van der Waals surface area contributed by atoms with Crippen molar-refractivity contribution in [1.29, 1.82) is 0 Å². The average Bonchev–Trinajstić information content (AvgIpc) is 3.30. The van der Waals surface area contributed by atoms with Gasteiger partial charge in [0.25, 0.3) is 5.91 Å². The molecular weight excluding hydrogens is 528 g/mol. The predicted octanol–water partition coefficient (Wildman–Crippen LogP) is 5.16. The number of rotatable bonds is 11. The van der Waals surface area contributed by atoms with Crippen molar-refractivity contribution in [1.82, 2.24) is 9.47 Å². The largest absolute Gasteiger partial charge is 0.385 e. The standard InChI is InChI=1S/C34H46N4O4/c1-24-29-10-3-4-11-30(29)38(18-8-19-41-2)33(24)26-9-7-17-37(23-26)32(39)22-27(35)21-25-13-15-28(16-14-25)36-34(40)31-12-5-6-20-42-31/h3-4,10-11,13-16,26-27,31H,5-9,12,17-23,35H2,1-2H3,(H,36,40)/t26?,27-,31?/m1/s1. The van der Waals surface area contributed by atoms with Crippen LogP contribution in [0.3, 0.4) is 0 Å². The number of methoxy groups -OCH3 is 1. The molecule has 226 valence electrons. The zero-order valence-electron chi connectivity index (χ0n) is 25.1. The van der Waals surface area contributed by atoms with Gasteiger partial charge >= 0.3 is 0 Å².